The monoisotopic (exact) mass is 416 g/mol. The Morgan fingerprint density at radius 2 is 1.90 bits per heavy atom. The Labute approximate surface area is 180 Å². The highest BCUT2D eigenvalue weighted by molar-refractivity contribution is 5.96. The summed E-state index contributed by atoms with van der Waals surface area (Å²) in [5, 5.41) is 19.3. The highest BCUT2D eigenvalue weighted by Crippen LogP contribution is 2.26. The van der Waals surface area contributed by atoms with Gasteiger partial charge in [0.15, 0.2) is 5.69 Å². The molecule has 1 aromatic heterocycles. The third-order valence-corrected chi connectivity index (χ3v) is 5.36. The first-order valence-electron chi connectivity index (χ1n) is 9.94. The fourth-order valence-electron chi connectivity index (χ4n) is 3.73. The van der Waals surface area contributed by atoms with Gasteiger partial charge in [-0.3, -0.25) is 9.59 Å². The van der Waals surface area contributed by atoms with Crippen LogP contribution in [0.25, 0.3) is 5.57 Å². The van der Waals surface area contributed by atoms with E-state index in [9.17, 15) is 14.7 Å². The van der Waals surface area contributed by atoms with Crippen molar-refractivity contribution >= 4 is 11.5 Å². The number of aromatic hydroxyl groups is 1. The van der Waals surface area contributed by atoms with E-state index in [0.29, 0.717) is 24.5 Å². The zero-order valence-corrected chi connectivity index (χ0v) is 17.6. The lowest BCUT2D eigenvalue weighted by molar-refractivity contribution is 0.0638. The highest BCUT2D eigenvalue weighted by atomic mass is 16.3. The molecule has 0 atom stereocenters. The van der Waals surface area contributed by atoms with Gasteiger partial charge in [0.25, 0.3) is 5.91 Å². The minimum atomic E-state index is -0.831. The number of aromatic nitrogens is 2. The Morgan fingerprint density at radius 3 is 2.45 bits per heavy atom. The van der Waals surface area contributed by atoms with Gasteiger partial charge in [-0.05, 0) is 42.7 Å². The van der Waals surface area contributed by atoms with Crippen LogP contribution < -0.4 is 5.56 Å². The van der Waals surface area contributed by atoms with Crippen LogP contribution in [0.3, 0.4) is 0 Å². The van der Waals surface area contributed by atoms with E-state index in [2.05, 4.69) is 24.2 Å². The van der Waals surface area contributed by atoms with Crippen LogP contribution >= 0.6 is 0 Å². The van der Waals surface area contributed by atoms with Gasteiger partial charge in [0, 0.05) is 25.6 Å². The average Bonchev–Trinajstić information content (AvgIpc) is 2.76. The molecule has 1 aromatic carbocycles. The third-order valence-electron chi connectivity index (χ3n) is 5.36. The smallest absolute Gasteiger partial charge is 0.315 e. The van der Waals surface area contributed by atoms with Crippen LogP contribution in [0.2, 0.25) is 0 Å². The van der Waals surface area contributed by atoms with Crippen LogP contribution in [-0.4, -0.2) is 38.1 Å². The molecular weight excluding hydrogens is 392 g/mol. The van der Waals surface area contributed by atoms with E-state index in [1.165, 1.54) is 0 Å². The third kappa shape index (κ3) is 4.05. The molecule has 1 aliphatic heterocycles. The van der Waals surface area contributed by atoms with Gasteiger partial charge in [-0.15, -0.1) is 0 Å². The van der Waals surface area contributed by atoms with Crippen molar-refractivity contribution in [2.45, 2.75) is 32.9 Å². The molecule has 0 bridgehead atoms. The molecule has 0 spiro atoms. The van der Waals surface area contributed by atoms with Crippen LogP contribution in [0.5, 0.6) is 5.75 Å². The Balaban J connectivity index is 2.12. The molecule has 0 radical (unpaired) electrons. The minimum Gasteiger partial charge on any atom is -0.501 e. The van der Waals surface area contributed by atoms with Crippen molar-refractivity contribution in [3.8, 4) is 11.8 Å². The number of hydrogen-bond donors (Lipinski definition) is 1. The van der Waals surface area contributed by atoms with Crippen molar-refractivity contribution in [3.63, 3.8) is 0 Å². The van der Waals surface area contributed by atoms with Crippen LogP contribution in [0, 0.1) is 11.3 Å². The van der Waals surface area contributed by atoms with Crippen LogP contribution in [-0.2, 0) is 13.0 Å². The van der Waals surface area contributed by atoms with Gasteiger partial charge >= 0.3 is 5.56 Å². The van der Waals surface area contributed by atoms with Gasteiger partial charge in [0.2, 0.25) is 5.75 Å². The second kappa shape index (κ2) is 8.84. The number of amides is 1. The molecule has 1 amide bonds. The lowest BCUT2D eigenvalue weighted by Gasteiger charge is -2.34. The maximum Gasteiger partial charge on any atom is 0.315 e. The molecule has 0 fully saturated rings. The highest BCUT2D eigenvalue weighted by Gasteiger charge is 2.32. The van der Waals surface area contributed by atoms with Crippen LogP contribution in [0.15, 0.2) is 59.9 Å². The van der Waals surface area contributed by atoms with E-state index < -0.39 is 11.3 Å². The summed E-state index contributed by atoms with van der Waals surface area (Å²) in [6.45, 7) is 12.4. The standard InChI is InChI=1S/C24H24N4O3/c1-5-17(19(6-2)18-9-7-16(14-25)8-10-18)13-20-26-23(30)22(29)21-24(31)27(15(3)4)11-12-28(20)21/h5-10,15,29H,1-2,11-13H2,3-4H3/b19-17-. The van der Waals surface area contributed by atoms with E-state index in [1.807, 2.05) is 26.0 Å². The zero-order valence-electron chi connectivity index (χ0n) is 17.6. The lowest BCUT2D eigenvalue weighted by Crippen LogP contribution is -2.46. The number of carbonyl (C=O) groups is 1. The quantitative estimate of drug-likeness (QED) is 0.730. The number of carbonyl (C=O) groups excluding carboxylic acids is 1. The fourth-order valence-corrected chi connectivity index (χ4v) is 3.73. The molecule has 3 rings (SSSR count). The van der Waals surface area contributed by atoms with Gasteiger partial charge in [-0.25, -0.2) is 0 Å². The molecule has 7 nitrogen and oxygen atoms in total. The molecule has 0 saturated carbocycles. The predicted octanol–water partition coefficient (Wildman–Crippen LogP) is 3.05. The first-order chi connectivity index (χ1) is 14.8. The number of nitrogens with zero attached hydrogens (tertiary/aromatic N) is 4. The molecule has 0 unspecified atom stereocenters. The minimum absolute atomic E-state index is 0.0307. The van der Waals surface area contributed by atoms with Gasteiger partial charge in [-0.1, -0.05) is 37.4 Å². The van der Waals surface area contributed by atoms with Crippen LogP contribution in [0.1, 0.15) is 41.3 Å². The Bertz CT molecular complexity index is 1180. The summed E-state index contributed by atoms with van der Waals surface area (Å²) in [5.41, 5.74) is 2.05. The van der Waals surface area contributed by atoms with Gasteiger partial charge < -0.3 is 14.6 Å². The SMILES string of the molecule is C=C/C(Cc1nc(=O)c(O)c2n1CCN(C(C)C)C2=O)=C(\C=C)c1ccc(C#N)cc1. The summed E-state index contributed by atoms with van der Waals surface area (Å²) in [6, 6.07) is 9.08. The molecule has 7 heteroatoms. The summed E-state index contributed by atoms with van der Waals surface area (Å²) < 4.78 is 1.61. The number of hydrogen-bond acceptors (Lipinski definition) is 5. The Hall–Kier alpha value is -3.92. The summed E-state index contributed by atoms with van der Waals surface area (Å²) in [5.74, 6) is -0.642. The maximum absolute atomic E-state index is 12.9. The number of fused-ring (bicyclic) bond motifs is 1. The first-order valence-corrected chi connectivity index (χ1v) is 9.94. The Morgan fingerprint density at radius 1 is 1.23 bits per heavy atom. The molecule has 0 saturated heterocycles. The van der Waals surface area contributed by atoms with Crippen molar-refractivity contribution in [2.24, 2.45) is 0 Å². The van der Waals surface area contributed by atoms with E-state index in [0.717, 1.165) is 16.7 Å². The van der Waals surface area contributed by atoms with Crippen LogP contribution in [0.4, 0.5) is 0 Å². The van der Waals surface area contributed by atoms with E-state index in [-0.39, 0.29) is 24.1 Å². The average molecular weight is 416 g/mol. The van der Waals surface area contributed by atoms with Gasteiger partial charge in [0.1, 0.15) is 5.82 Å². The van der Waals surface area contributed by atoms with Crippen molar-refractivity contribution in [2.75, 3.05) is 6.54 Å². The summed E-state index contributed by atoms with van der Waals surface area (Å²) in [6.07, 6.45) is 3.56. The summed E-state index contributed by atoms with van der Waals surface area (Å²) >= 11 is 0. The van der Waals surface area contributed by atoms with E-state index in [4.69, 9.17) is 5.26 Å². The topological polar surface area (TPSA) is 99.2 Å². The van der Waals surface area contributed by atoms with Crippen molar-refractivity contribution in [3.05, 3.63) is 88.1 Å². The molecule has 1 aliphatic rings. The van der Waals surface area contributed by atoms with Gasteiger partial charge in [0.05, 0.1) is 11.6 Å². The summed E-state index contributed by atoms with van der Waals surface area (Å²) in [7, 11) is 0. The summed E-state index contributed by atoms with van der Waals surface area (Å²) in [4.78, 5) is 30.9. The molecular formula is C24H24N4O3. The predicted molar refractivity (Wildman–Crippen MR) is 119 cm³/mol. The number of rotatable bonds is 6. The molecule has 158 valence electrons. The molecule has 0 aliphatic carbocycles. The number of nitriles is 1. The number of benzene rings is 1. The van der Waals surface area contributed by atoms with E-state index >= 15 is 0 Å². The lowest BCUT2D eigenvalue weighted by atomic mass is 9.96. The molecule has 2 aromatic rings. The second-order valence-electron chi connectivity index (χ2n) is 7.49. The normalized spacial score (nSPS) is 14.0. The molecule has 1 N–H and O–H groups in total. The van der Waals surface area contributed by atoms with Crippen molar-refractivity contribution in [1.29, 1.82) is 5.26 Å². The van der Waals surface area contributed by atoms with Crippen molar-refractivity contribution in [1.82, 2.24) is 14.5 Å². The number of allylic oxidation sites excluding steroid dienone is 4. The first kappa shape index (κ1) is 21.8. The molecule has 31 heavy (non-hydrogen) atoms. The molecule has 2 heterocycles. The van der Waals surface area contributed by atoms with E-state index in [1.54, 1.807) is 33.8 Å². The largest absolute Gasteiger partial charge is 0.501 e. The fraction of sp³-hybridized carbons (Fsp3) is 0.250. The zero-order chi connectivity index (χ0) is 22.7. The van der Waals surface area contributed by atoms with Gasteiger partial charge in [-0.2, -0.15) is 10.2 Å². The second-order valence-corrected chi connectivity index (χ2v) is 7.49. The van der Waals surface area contributed by atoms with Crippen molar-refractivity contribution < 1.29 is 9.90 Å². The maximum atomic E-state index is 12.9. The Kier molecular flexibility index (Phi) is 6.21.